The molecule has 7 nitrogen and oxygen atoms in total. The smallest absolute Gasteiger partial charge is 0.320 e. The maximum atomic E-state index is 11.4. The van der Waals surface area contributed by atoms with Crippen LogP contribution in [0.5, 0.6) is 0 Å². The second-order valence-corrected chi connectivity index (χ2v) is 5.52. The Bertz CT molecular complexity index is 365. The van der Waals surface area contributed by atoms with Crippen LogP contribution in [0.2, 0.25) is 0 Å². The van der Waals surface area contributed by atoms with Gasteiger partial charge in [-0.25, -0.2) is 12.7 Å². The summed E-state index contributed by atoms with van der Waals surface area (Å²) in [6, 6.07) is 0. The number of carboxylic acids is 1. The second kappa shape index (κ2) is 5.80. The van der Waals surface area contributed by atoms with Crippen molar-refractivity contribution in [1.29, 1.82) is 0 Å². The molecule has 1 amide bonds. The predicted molar refractivity (Wildman–Crippen MR) is 57.3 cm³/mol. The zero-order valence-corrected chi connectivity index (χ0v) is 10.2. The molecule has 0 aliphatic rings. The molecule has 94 valence electrons. The molecule has 0 saturated carbocycles. The molecule has 1 unspecified atom stereocenters. The lowest BCUT2D eigenvalue weighted by atomic mass is 10.2. The van der Waals surface area contributed by atoms with Gasteiger partial charge in [0.05, 0.1) is 0 Å². The highest BCUT2D eigenvalue weighted by Crippen LogP contribution is 2.04. The van der Waals surface area contributed by atoms with Gasteiger partial charge >= 0.3 is 5.97 Å². The van der Waals surface area contributed by atoms with E-state index in [1.165, 1.54) is 14.1 Å². The number of rotatable bonds is 6. The van der Waals surface area contributed by atoms with E-state index in [9.17, 15) is 18.0 Å². The topological polar surface area (TPSA) is 104 Å². The zero-order valence-electron chi connectivity index (χ0n) is 9.43. The van der Waals surface area contributed by atoms with Crippen molar-refractivity contribution in [3.63, 3.8) is 0 Å². The van der Waals surface area contributed by atoms with Crippen molar-refractivity contribution in [3.05, 3.63) is 0 Å². The molecule has 0 rings (SSSR count). The number of nitrogens with one attached hydrogen (secondary N) is 1. The summed E-state index contributed by atoms with van der Waals surface area (Å²) < 4.78 is 23.7. The SMILES string of the molecule is CNC(=O)C(C)CN(C)S(=O)(=O)CC(=O)O. The summed E-state index contributed by atoms with van der Waals surface area (Å²) >= 11 is 0. The van der Waals surface area contributed by atoms with E-state index in [4.69, 9.17) is 5.11 Å². The van der Waals surface area contributed by atoms with E-state index in [0.29, 0.717) is 0 Å². The minimum absolute atomic E-state index is 0.0463. The number of sulfonamides is 1. The molecular weight excluding hydrogens is 236 g/mol. The van der Waals surface area contributed by atoms with Crippen LogP contribution in [-0.4, -0.2) is 56.1 Å². The summed E-state index contributed by atoms with van der Waals surface area (Å²) in [6.45, 7) is 1.51. The number of aliphatic carboxylic acids is 1. The van der Waals surface area contributed by atoms with Crippen LogP contribution in [0, 0.1) is 5.92 Å². The third kappa shape index (κ3) is 4.58. The van der Waals surface area contributed by atoms with Gasteiger partial charge in [0, 0.05) is 26.6 Å². The van der Waals surface area contributed by atoms with E-state index >= 15 is 0 Å². The van der Waals surface area contributed by atoms with Crippen LogP contribution in [0.3, 0.4) is 0 Å². The predicted octanol–water partition coefficient (Wildman–Crippen LogP) is -1.29. The summed E-state index contributed by atoms with van der Waals surface area (Å²) in [5, 5.41) is 10.8. The molecule has 0 aromatic heterocycles. The molecule has 0 spiro atoms. The van der Waals surface area contributed by atoms with Gasteiger partial charge < -0.3 is 10.4 Å². The van der Waals surface area contributed by atoms with Crippen LogP contribution in [0.1, 0.15) is 6.92 Å². The number of amides is 1. The molecule has 0 aliphatic carbocycles. The molecule has 8 heteroatoms. The average molecular weight is 252 g/mol. The molecule has 0 saturated heterocycles. The van der Waals surface area contributed by atoms with Gasteiger partial charge in [0.25, 0.3) is 0 Å². The first kappa shape index (κ1) is 14.8. The van der Waals surface area contributed by atoms with Crippen molar-refractivity contribution in [2.24, 2.45) is 5.92 Å². The number of nitrogens with zero attached hydrogens (tertiary/aromatic N) is 1. The molecule has 2 N–H and O–H groups in total. The van der Waals surface area contributed by atoms with E-state index in [2.05, 4.69) is 5.32 Å². The number of hydrogen-bond donors (Lipinski definition) is 2. The van der Waals surface area contributed by atoms with Crippen LogP contribution in [0.25, 0.3) is 0 Å². The quantitative estimate of drug-likeness (QED) is 0.612. The van der Waals surface area contributed by atoms with Gasteiger partial charge in [0.15, 0.2) is 5.75 Å². The number of carboxylic acid groups (broad SMARTS) is 1. The molecule has 0 heterocycles. The standard InChI is InChI=1S/C8H16N2O5S/c1-6(8(13)9-2)4-10(3)16(14,15)5-7(11)12/h6H,4-5H2,1-3H3,(H,9,13)(H,11,12). The van der Waals surface area contributed by atoms with Crippen LogP contribution in [0.15, 0.2) is 0 Å². The lowest BCUT2D eigenvalue weighted by Gasteiger charge is -2.19. The van der Waals surface area contributed by atoms with Gasteiger partial charge in [-0.2, -0.15) is 0 Å². The maximum Gasteiger partial charge on any atom is 0.320 e. The highest BCUT2D eigenvalue weighted by atomic mass is 32.2. The molecule has 16 heavy (non-hydrogen) atoms. The lowest BCUT2D eigenvalue weighted by molar-refractivity contribution is -0.134. The molecular formula is C8H16N2O5S. The Hall–Kier alpha value is -1.15. The fourth-order valence-corrected chi connectivity index (χ4v) is 2.08. The molecule has 0 aliphatic heterocycles. The first-order valence-electron chi connectivity index (χ1n) is 4.58. The van der Waals surface area contributed by atoms with Crippen LogP contribution in [-0.2, 0) is 19.6 Å². The van der Waals surface area contributed by atoms with Crippen LogP contribution < -0.4 is 5.32 Å². The van der Waals surface area contributed by atoms with Crippen molar-refractivity contribution in [1.82, 2.24) is 9.62 Å². The number of carbonyl (C=O) groups is 2. The Morgan fingerprint density at radius 2 is 1.94 bits per heavy atom. The Kier molecular flexibility index (Phi) is 5.39. The first-order chi connectivity index (χ1) is 7.20. The van der Waals surface area contributed by atoms with Gasteiger partial charge in [-0.1, -0.05) is 6.92 Å². The molecule has 1 atom stereocenters. The molecule has 0 aromatic rings. The number of carbonyl (C=O) groups excluding carboxylic acids is 1. The minimum atomic E-state index is -3.84. The van der Waals surface area contributed by atoms with Crippen molar-refractivity contribution in [2.45, 2.75) is 6.92 Å². The molecule has 0 radical (unpaired) electrons. The van der Waals surface area contributed by atoms with E-state index < -0.39 is 27.7 Å². The van der Waals surface area contributed by atoms with Crippen LogP contribution >= 0.6 is 0 Å². The van der Waals surface area contributed by atoms with E-state index in [0.717, 1.165) is 4.31 Å². The maximum absolute atomic E-state index is 11.4. The fourth-order valence-electron chi connectivity index (χ4n) is 1.09. The summed E-state index contributed by atoms with van der Waals surface area (Å²) in [4.78, 5) is 21.5. The van der Waals surface area contributed by atoms with Gasteiger partial charge in [-0.05, 0) is 0 Å². The monoisotopic (exact) mass is 252 g/mol. The Morgan fingerprint density at radius 3 is 2.31 bits per heavy atom. The molecule has 0 aromatic carbocycles. The second-order valence-electron chi connectivity index (χ2n) is 3.45. The van der Waals surface area contributed by atoms with Crippen molar-refractivity contribution in [3.8, 4) is 0 Å². The van der Waals surface area contributed by atoms with Crippen molar-refractivity contribution < 1.29 is 23.1 Å². The minimum Gasteiger partial charge on any atom is -0.480 e. The van der Waals surface area contributed by atoms with Gasteiger partial charge in [-0.15, -0.1) is 0 Å². The third-order valence-corrected chi connectivity index (χ3v) is 3.72. The largest absolute Gasteiger partial charge is 0.480 e. The van der Waals surface area contributed by atoms with Gasteiger partial charge in [0.1, 0.15) is 0 Å². The van der Waals surface area contributed by atoms with Crippen molar-refractivity contribution in [2.75, 3.05) is 26.4 Å². The Morgan fingerprint density at radius 1 is 1.44 bits per heavy atom. The molecule has 0 bridgehead atoms. The van der Waals surface area contributed by atoms with Crippen molar-refractivity contribution >= 4 is 21.9 Å². The normalized spacial score (nSPS) is 13.5. The third-order valence-electron chi connectivity index (χ3n) is 2.01. The van der Waals surface area contributed by atoms with E-state index in [-0.39, 0.29) is 12.5 Å². The van der Waals surface area contributed by atoms with Crippen LogP contribution in [0.4, 0.5) is 0 Å². The zero-order chi connectivity index (χ0) is 12.9. The summed E-state index contributed by atoms with van der Waals surface area (Å²) in [5.41, 5.74) is 0. The fraction of sp³-hybridized carbons (Fsp3) is 0.750. The van der Waals surface area contributed by atoms with Gasteiger partial charge in [0.2, 0.25) is 15.9 Å². The summed E-state index contributed by atoms with van der Waals surface area (Å²) in [5.74, 6) is -3.21. The first-order valence-corrected chi connectivity index (χ1v) is 6.19. The average Bonchev–Trinajstić information content (AvgIpc) is 2.14. The Labute approximate surface area is 94.5 Å². The molecule has 0 fully saturated rings. The summed E-state index contributed by atoms with van der Waals surface area (Å²) in [7, 11) is -1.15. The highest BCUT2D eigenvalue weighted by molar-refractivity contribution is 7.89. The van der Waals surface area contributed by atoms with E-state index in [1.807, 2.05) is 0 Å². The number of hydrogen-bond acceptors (Lipinski definition) is 4. The Balaban J connectivity index is 4.52. The highest BCUT2D eigenvalue weighted by Gasteiger charge is 2.24. The van der Waals surface area contributed by atoms with E-state index in [1.54, 1.807) is 6.92 Å². The van der Waals surface area contributed by atoms with Gasteiger partial charge in [-0.3, -0.25) is 9.59 Å². The lowest BCUT2D eigenvalue weighted by Crippen LogP contribution is -2.39. The summed E-state index contributed by atoms with van der Waals surface area (Å²) in [6.07, 6.45) is 0.